The van der Waals surface area contributed by atoms with Crippen LogP contribution >= 0.6 is 0 Å². The molecule has 0 bridgehead atoms. The van der Waals surface area contributed by atoms with Crippen LogP contribution in [0.3, 0.4) is 0 Å². The van der Waals surface area contributed by atoms with Crippen LogP contribution in [0, 0.1) is 12.7 Å². The number of anilines is 1. The maximum absolute atomic E-state index is 13.3. The van der Waals surface area contributed by atoms with Crippen molar-refractivity contribution in [2.45, 2.75) is 6.92 Å². The summed E-state index contributed by atoms with van der Waals surface area (Å²) in [6.45, 7) is 1.92. The summed E-state index contributed by atoms with van der Waals surface area (Å²) in [6, 6.07) is 4.27. The Morgan fingerprint density at radius 2 is 2.21 bits per heavy atom. The lowest BCUT2D eigenvalue weighted by Crippen LogP contribution is -2.03. The zero-order valence-corrected chi connectivity index (χ0v) is 10.6. The van der Waals surface area contributed by atoms with Crippen molar-refractivity contribution in [2.24, 2.45) is 7.05 Å². The number of aromatic nitrogens is 2. The summed E-state index contributed by atoms with van der Waals surface area (Å²) in [5, 5.41) is 6.84. The average Bonchev–Trinajstić information content (AvgIpc) is 2.85. The standard InChI is InChI=1S/C14H12FN3O/c1-8-9(7-16-18(8)2)5-12-11-6-10(15)3-4-13(11)17-14(12)19/h3-7H,1-2H3,(H,17,19). The number of carbonyl (C=O) groups excluding carboxylic acids is 1. The third-order valence-corrected chi connectivity index (χ3v) is 3.34. The fourth-order valence-electron chi connectivity index (χ4n) is 2.12. The van der Waals surface area contributed by atoms with Gasteiger partial charge in [0.2, 0.25) is 0 Å². The number of nitrogens with zero attached hydrogens (tertiary/aromatic N) is 2. The van der Waals surface area contributed by atoms with Crippen molar-refractivity contribution < 1.29 is 9.18 Å². The Morgan fingerprint density at radius 3 is 2.89 bits per heavy atom. The third-order valence-electron chi connectivity index (χ3n) is 3.34. The molecular formula is C14H12FN3O. The number of rotatable bonds is 1. The second-order valence-corrected chi connectivity index (χ2v) is 4.51. The van der Waals surface area contributed by atoms with Crippen molar-refractivity contribution in [3.8, 4) is 0 Å². The lowest BCUT2D eigenvalue weighted by molar-refractivity contribution is -0.110. The summed E-state index contributed by atoms with van der Waals surface area (Å²) in [4.78, 5) is 11.9. The predicted molar refractivity (Wildman–Crippen MR) is 70.8 cm³/mol. The molecule has 96 valence electrons. The number of amides is 1. The molecule has 0 saturated heterocycles. The third kappa shape index (κ3) is 1.83. The van der Waals surface area contributed by atoms with Crippen LogP contribution in [0.5, 0.6) is 0 Å². The van der Waals surface area contributed by atoms with Gasteiger partial charge >= 0.3 is 0 Å². The van der Waals surface area contributed by atoms with Crippen molar-refractivity contribution in [1.82, 2.24) is 9.78 Å². The molecule has 1 aromatic carbocycles. The number of halogens is 1. The Balaban J connectivity index is 2.14. The minimum absolute atomic E-state index is 0.219. The Hall–Kier alpha value is -2.43. The first-order chi connectivity index (χ1) is 9.06. The molecule has 0 fully saturated rings. The summed E-state index contributed by atoms with van der Waals surface area (Å²) in [5.74, 6) is -0.576. The zero-order chi connectivity index (χ0) is 13.6. The van der Waals surface area contributed by atoms with Gasteiger partial charge in [-0.05, 0) is 31.2 Å². The van der Waals surface area contributed by atoms with Gasteiger partial charge in [-0.3, -0.25) is 9.48 Å². The number of hydrogen-bond donors (Lipinski definition) is 1. The predicted octanol–water partition coefficient (Wildman–Crippen LogP) is 2.36. The van der Waals surface area contributed by atoms with Crippen LogP contribution in [0.15, 0.2) is 24.4 Å². The van der Waals surface area contributed by atoms with Crippen LogP contribution in [-0.4, -0.2) is 15.7 Å². The van der Waals surface area contributed by atoms with E-state index in [2.05, 4.69) is 10.4 Å². The van der Waals surface area contributed by atoms with Crippen LogP contribution in [0.4, 0.5) is 10.1 Å². The Kier molecular flexibility index (Phi) is 2.48. The van der Waals surface area contributed by atoms with Crippen LogP contribution in [-0.2, 0) is 11.8 Å². The first kappa shape index (κ1) is 11.6. The lowest BCUT2D eigenvalue weighted by atomic mass is 10.0. The van der Waals surface area contributed by atoms with Gasteiger partial charge in [-0.25, -0.2) is 4.39 Å². The molecule has 0 spiro atoms. The molecule has 0 aliphatic carbocycles. The zero-order valence-electron chi connectivity index (χ0n) is 10.6. The van der Waals surface area contributed by atoms with E-state index in [-0.39, 0.29) is 11.7 Å². The second kappa shape index (κ2) is 4.05. The fourth-order valence-corrected chi connectivity index (χ4v) is 2.12. The van der Waals surface area contributed by atoms with Gasteiger partial charge in [-0.2, -0.15) is 5.10 Å². The van der Waals surface area contributed by atoms with Crippen LogP contribution in [0.25, 0.3) is 11.6 Å². The van der Waals surface area contributed by atoms with Crippen molar-refractivity contribution in [2.75, 3.05) is 5.32 Å². The van der Waals surface area contributed by atoms with Gasteiger partial charge in [0, 0.05) is 35.1 Å². The van der Waals surface area contributed by atoms with E-state index < -0.39 is 0 Å². The van der Waals surface area contributed by atoms with Gasteiger partial charge in [0.1, 0.15) is 5.82 Å². The van der Waals surface area contributed by atoms with Gasteiger partial charge in [0.15, 0.2) is 0 Å². The smallest absolute Gasteiger partial charge is 0.256 e. The van der Waals surface area contributed by atoms with Gasteiger partial charge in [-0.15, -0.1) is 0 Å². The fraction of sp³-hybridized carbons (Fsp3) is 0.143. The monoisotopic (exact) mass is 257 g/mol. The van der Waals surface area contributed by atoms with E-state index in [4.69, 9.17) is 0 Å². The number of hydrogen-bond acceptors (Lipinski definition) is 2. The SMILES string of the molecule is Cc1c(C=C2C(=O)Nc3ccc(F)cc32)cnn1C. The molecule has 0 radical (unpaired) electrons. The summed E-state index contributed by atoms with van der Waals surface area (Å²) in [6.07, 6.45) is 3.43. The maximum atomic E-state index is 13.3. The molecule has 2 heterocycles. The molecule has 5 heteroatoms. The summed E-state index contributed by atoms with van der Waals surface area (Å²) in [7, 11) is 1.83. The number of aryl methyl sites for hydroxylation is 1. The Labute approximate surface area is 109 Å². The average molecular weight is 257 g/mol. The Morgan fingerprint density at radius 1 is 1.42 bits per heavy atom. The maximum Gasteiger partial charge on any atom is 0.256 e. The molecule has 3 rings (SSSR count). The first-order valence-electron chi connectivity index (χ1n) is 5.88. The molecule has 0 saturated carbocycles. The molecule has 4 nitrogen and oxygen atoms in total. The number of benzene rings is 1. The topological polar surface area (TPSA) is 46.9 Å². The quantitative estimate of drug-likeness (QED) is 0.797. The minimum atomic E-state index is -0.357. The van der Waals surface area contributed by atoms with Gasteiger partial charge < -0.3 is 5.32 Å². The summed E-state index contributed by atoms with van der Waals surface area (Å²) < 4.78 is 15.0. The molecular weight excluding hydrogens is 245 g/mol. The highest BCUT2D eigenvalue weighted by atomic mass is 19.1. The van der Waals surface area contributed by atoms with Gasteiger partial charge in [0.05, 0.1) is 6.20 Å². The number of nitrogens with one attached hydrogen (secondary N) is 1. The van der Waals surface area contributed by atoms with Crippen LogP contribution in [0.1, 0.15) is 16.8 Å². The second-order valence-electron chi connectivity index (χ2n) is 4.51. The molecule has 0 unspecified atom stereocenters. The van der Waals surface area contributed by atoms with Gasteiger partial charge in [0.25, 0.3) is 5.91 Å². The highest BCUT2D eigenvalue weighted by molar-refractivity contribution is 6.34. The Bertz CT molecular complexity index is 715. The molecule has 1 N–H and O–H groups in total. The lowest BCUT2D eigenvalue weighted by Gasteiger charge is -1.99. The summed E-state index contributed by atoms with van der Waals surface area (Å²) >= 11 is 0. The van der Waals surface area contributed by atoms with E-state index in [0.717, 1.165) is 11.3 Å². The number of carbonyl (C=O) groups is 1. The highest BCUT2D eigenvalue weighted by Crippen LogP contribution is 2.33. The normalized spacial score (nSPS) is 15.7. The molecule has 2 aromatic rings. The van der Waals surface area contributed by atoms with E-state index in [0.29, 0.717) is 16.8 Å². The largest absolute Gasteiger partial charge is 0.321 e. The highest BCUT2D eigenvalue weighted by Gasteiger charge is 2.24. The van der Waals surface area contributed by atoms with E-state index in [1.807, 2.05) is 14.0 Å². The van der Waals surface area contributed by atoms with Crippen LogP contribution in [0.2, 0.25) is 0 Å². The minimum Gasteiger partial charge on any atom is -0.321 e. The molecule has 1 aromatic heterocycles. The van der Waals surface area contributed by atoms with Crippen molar-refractivity contribution in [3.05, 3.63) is 47.0 Å². The molecule has 19 heavy (non-hydrogen) atoms. The number of fused-ring (bicyclic) bond motifs is 1. The molecule has 0 atom stereocenters. The van der Waals surface area contributed by atoms with Crippen molar-refractivity contribution >= 4 is 23.2 Å². The van der Waals surface area contributed by atoms with E-state index >= 15 is 0 Å². The van der Waals surface area contributed by atoms with Crippen molar-refractivity contribution in [3.63, 3.8) is 0 Å². The summed E-state index contributed by atoms with van der Waals surface area (Å²) in [5.41, 5.74) is 3.49. The van der Waals surface area contributed by atoms with Crippen molar-refractivity contribution in [1.29, 1.82) is 0 Å². The van der Waals surface area contributed by atoms with E-state index in [1.165, 1.54) is 12.1 Å². The van der Waals surface area contributed by atoms with Crippen LogP contribution < -0.4 is 5.32 Å². The first-order valence-corrected chi connectivity index (χ1v) is 5.88. The van der Waals surface area contributed by atoms with E-state index in [9.17, 15) is 9.18 Å². The molecule has 1 aliphatic heterocycles. The molecule has 1 amide bonds. The molecule has 1 aliphatic rings. The van der Waals surface area contributed by atoms with E-state index in [1.54, 1.807) is 23.0 Å². The van der Waals surface area contributed by atoms with Gasteiger partial charge in [-0.1, -0.05) is 0 Å².